The van der Waals surface area contributed by atoms with Gasteiger partial charge >= 0.3 is 0 Å². The van der Waals surface area contributed by atoms with Crippen LogP contribution in [0.15, 0.2) is 42.2 Å². The quantitative estimate of drug-likeness (QED) is 0.728. The topological polar surface area (TPSA) is 26.0 Å². The Hall–Kier alpha value is -1.15. The monoisotopic (exact) mass is 165 g/mol. The van der Waals surface area contributed by atoms with Gasteiger partial charge in [0.1, 0.15) is 5.83 Å². The molecule has 12 heavy (non-hydrogen) atoms. The fourth-order valence-electron chi connectivity index (χ4n) is 0.926. The Labute approximate surface area is 71.7 Å². The Morgan fingerprint density at radius 2 is 2.00 bits per heavy atom. The normalized spacial score (nSPS) is 11.7. The minimum atomic E-state index is -0.251. The van der Waals surface area contributed by atoms with E-state index >= 15 is 0 Å². The van der Waals surface area contributed by atoms with E-state index in [1.807, 2.05) is 30.3 Å². The van der Waals surface area contributed by atoms with Gasteiger partial charge in [-0.3, -0.25) is 0 Å². The van der Waals surface area contributed by atoms with Crippen LogP contribution in [0.1, 0.15) is 5.56 Å². The molecule has 0 amide bonds. The largest absolute Gasteiger partial charge is 0.325 e. The van der Waals surface area contributed by atoms with Crippen LogP contribution in [0.5, 0.6) is 0 Å². The van der Waals surface area contributed by atoms with Crippen LogP contribution in [0.3, 0.4) is 0 Å². The molecule has 0 saturated heterocycles. The Kier molecular flexibility index (Phi) is 3.48. The molecule has 0 spiro atoms. The first-order valence-corrected chi connectivity index (χ1v) is 3.91. The van der Waals surface area contributed by atoms with Crippen molar-refractivity contribution in [1.82, 2.24) is 0 Å². The number of rotatable bonds is 3. The van der Waals surface area contributed by atoms with Crippen LogP contribution < -0.4 is 5.73 Å². The summed E-state index contributed by atoms with van der Waals surface area (Å²) in [7, 11) is 0. The summed E-state index contributed by atoms with van der Waals surface area (Å²) in [5.41, 5.74) is 6.19. The summed E-state index contributed by atoms with van der Waals surface area (Å²) in [4.78, 5) is 0. The summed E-state index contributed by atoms with van der Waals surface area (Å²) in [6.07, 6.45) is 2.12. The van der Waals surface area contributed by atoms with E-state index in [9.17, 15) is 4.39 Å². The first kappa shape index (κ1) is 8.94. The zero-order valence-corrected chi connectivity index (χ0v) is 6.83. The number of allylic oxidation sites excluding steroid dienone is 1. The molecule has 0 fully saturated rings. The molecule has 0 aliphatic carbocycles. The third-order valence-electron chi connectivity index (χ3n) is 1.60. The summed E-state index contributed by atoms with van der Waals surface area (Å²) < 4.78 is 12.6. The van der Waals surface area contributed by atoms with Crippen molar-refractivity contribution in [3.8, 4) is 0 Å². The van der Waals surface area contributed by atoms with Crippen LogP contribution in [0.4, 0.5) is 4.39 Å². The second-order valence-electron chi connectivity index (χ2n) is 2.54. The molecule has 0 unspecified atom stereocenters. The first-order chi connectivity index (χ1) is 5.83. The smallest absolute Gasteiger partial charge is 0.110 e. The van der Waals surface area contributed by atoms with Gasteiger partial charge in [0, 0.05) is 6.54 Å². The predicted octanol–water partition coefficient (Wildman–Crippen LogP) is 2.04. The van der Waals surface area contributed by atoms with Crippen molar-refractivity contribution >= 4 is 0 Å². The molecular weight excluding hydrogens is 153 g/mol. The Morgan fingerprint density at radius 1 is 1.33 bits per heavy atom. The second kappa shape index (κ2) is 4.67. The van der Waals surface area contributed by atoms with E-state index in [0.29, 0.717) is 6.42 Å². The van der Waals surface area contributed by atoms with Gasteiger partial charge in [0.2, 0.25) is 0 Å². The van der Waals surface area contributed by atoms with Gasteiger partial charge in [-0.25, -0.2) is 4.39 Å². The molecule has 0 radical (unpaired) electrons. The van der Waals surface area contributed by atoms with E-state index in [0.717, 1.165) is 5.56 Å². The molecular formula is C10H12FN. The van der Waals surface area contributed by atoms with Gasteiger partial charge in [0.15, 0.2) is 0 Å². The van der Waals surface area contributed by atoms with Crippen LogP contribution in [0, 0.1) is 0 Å². The summed E-state index contributed by atoms with van der Waals surface area (Å²) >= 11 is 0. The molecule has 1 nitrogen and oxygen atoms in total. The average Bonchev–Trinajstić information content (AvgIpc) is 2.16. The van der Waals surface area contributed by atoms with Crippen molar-refractivity contribution in [2.45, 2.75) is 6.42 Å². The van der Waals surface area contributed by atoms with Crippen LogP contribution in [-0.2, 0) is 6.42 Å². The highest BCUT2D eigenvalue weighted by Crippen LogP contribution is 2.02. The Bertz CT molecular complexity index is 254. The molecule has 0 aliphatic rings. The molecule has 1 rings (SSSR count). The average molecular weight is 165 g/mol. The SMILES string of the molecule is NC/C(F)=C/Cc1ccccc1. The van der Waals surface area contributed by atoms with Crippen LogP contribution in [-0.4, -0.2) is 6.54 Å². The van der Waals surface area contributed by atoms with Crippen molar-refractivity contribution < 1.29 is 4.39 Å². The second-order valence-corrected chi connectivity index (χ2v) is 2.54. The van der Waals surface area contributed by atoms with Gasteiger partial charge in [-0.2, -0.15) is 0 Å². The number of halogens is 1. The van der Waals surface area contributed by atoms with Crippen LogP contribution in [0.2, 0.25) is 0 Å². The fourth-order valence-corrected chi connectivity index (χ4v) is 0.926. The standard InChI is InChI=1S/C10H12FN/c11-10(8-12)7-6-9-4-2-1-3-5-9/h1-5,7H,6,8,12H2/b10-7-. The van der Waals surface area contributed by atoms with E-state index in [1.54, 1.807) is 0 Å². The molecule has 0 heterocycles. The summed E-state index contributed by atoms with van der Waals surface area (Å²) in [5, 5.41) is 0. The Morgan fingerprint density at radius 3 is 2.58 bits per heavy atom. The molecule has 2 heteroatoms. The molecule has 2 N–H and O–H groups in total. The van der Waals surface area contributed by atoms with E-state index < -0.39 is 0 Å². The van der Waals surface area contributed by atoms with E-state index in [-0.39, 0.29) is 12.4 Å². The third-order valence-corrected chi connectivity index (χ3v) is 1.60. The number of nitrogens with two attached hydrogens (primary N) is 1. The van der Waals surface area contributed by atoms with Crippen molar-refractivity contribution in [3.05, 3.63) is 47.8 Å². The highest BCUT2D eigenvalue weighted by atomic mass is 19.1. The number of hydrogen-bond acceptors (Lipinski definition) is 1. The van der Waals surface area contributed by atoms with Gasteiger partial charge in [-0.1, -0.05) is 30.3 Å². The summed E-state index contributed by atoms with van der Waals surface area (Å²) in [5.74, 6) is -0.251. The Balaban J connectivity index is 2.54. The predicted molar refractivity (Wildman–Crippen MR) is 48.4 cm³/mol. The van der Waals surface area contributed by atoms with Gasteiger partial charge in [0.25, 0.3) is 0 Å². The van der Waals surface area contributed by atoms with Crippen molar-refractivity contribution in [2.75, 3.05) is 6.54 Å². The van der Waals surface area contributed by atoms with Crippen molar-refractivity contribution in [3.63, 3.8) is 0 Å². The lowest BCUT2D eigenvalue weighted by atomic mass is 10.1. The van der Waals surface area contributed by atoms with Gasteiger partial charge in [-0.05, 0) is 18.1 Å². The third kappa shape index (κ3) is 2.84. The number of benzene rings is 1. The minimum Gasteiger partial charge on any atom is -0.325 e. The van der Waals surface area contributed by atoms with E-state index in [4.69, 9.17) is 5.73 Å². The highest BCUT2D eigenvalue weighted by Gasteiger charge is 1.90. The highest BCUT2D eigenvalue weighted by molar-refractivity contribution is 5.18. The lowest BCUT2D eigenvalue weighted by molar-refractivity contribution is 0.614. The van der Waals surface area contributed by atoms with Crippen LogP contribution in [0.25, 0.3) is 0 Å². The first-order valence-electron chi connectivity index (χ1n) is 3.91. The van der Waals surface area contributed by atoms with Gasteiger partial charge in [-0.15, -0.1) is 0 Å². The maximum Gasteiger partial charge on any atom is 0.110 e. The molecule has 0 bridgehead atoms. The maximum atomic E-state index is 12.6. The fraction of sp³-hybridized carbons (Fsp3) is 0.200. The molecule has 0 saturated carbocycles. The lowest BCUT2D eigenvalue weighted by Gasteiger charge is -1.94. The van der Waals surface area contributed by atoms with E-state index in [1.165, 1.54) is 6.08 Å². The maximum absolute atomic E-state index is 12.6. The van der Waals surface area contributed by atoms with Crippen molar-refractivity contribution in [1.29, 1.82) is 0 Å². The lowest BCUT2D eigenvalue weighted by Crippen LogP contribution is -1.98. The molecule has 1 aromatic rings. The molecule has 1 aromatic carbocycles. The summed E-state index contributed by atoms with van der Waals surface area (Å²) in [6, 6.07) is 9.72. The minimum absolute atomic E-state index is 0.00711. The zero-order valence-electron chi connectivity index (χ0n) is 6.83. The van der Waals surface area contributed by atoms with Gasteiger partial charge < -0.3 is 5.73 Å². The molecule has 0 aromatic heterocycles. The molecule has 0 aliphatic heterocycles. The van der Waals surface area contributed by atoms with Crippen LogP contribution >= 0.6 is 0 Å². The van der Waals surface area contributed by atoms with E-state index in [2.05, 4.69) is 0 Å². The van der Waals surface area contributed by atoms with Gasteiger partial charge in [0.05, 0.1) is 0 Å². The molecule has 0 atom stereocenters. The van der Waals surface area contributed by atoms with Crippen molar-refractivity contribution in [2.24, 2.45) is 5.73 Å². The molecule has 64 valence electrons. The number of hydrogen-bond donors (Lipinski definition) is 1. The summed E-state index contributed by atoms with van der Waals surface area (Å²) in [6.45, 7) is -0.00711. The zero-order chi connectivity index (χ0) is 8.81.